The minimum Gasteiger partial charge on any atom is -0.394 e. The number of halogens is 2. The van der Waals surface area contributed by atoms with Crippen molar-refractivity contribution < 1.29 is 25.2 Å². The number of piperazine rings is 1. The van der Waals surface area contributed by atoms with Crippen molar-refractivity contribution in [2.24, 2.45) is 0 Å². The second-order valence-corrected chi connectivity index (χ2v) is 13.8. The first kappa shape index (κ1) is 36.2. The number of carbonyl (C=O) groups excluding carboxylic acids is 1. The van der Waals surface area contributed by atoms with Crippen molar-refractivity contribution in [2.75, 3.05) is 46.4 Å². The largest absolute Gasteiger partial charge is 0.394 e. The van der Waals surface area contributed by atoms with E-state index in [1.165, 1.54) is 11.3 Å². The van der Waals surface area contributed by atoms with Crippen LogP contribution >= 0.6 is 34.5 Å². The predicted molar refractivity (Wildman–Crippen MR) is 190 cm³/mol. The molecule has 9 nitrogen and oxygen atoms in total. The summed E-state index contributed by atoms with van der Waals surface area (Å²) in [6, 6.07) is 18.7. The molecule has 1 amide bonds. The first-order valence-corrected chi connectivity index (χ1v) is 17.6. The lowest BCUT2D eigenvalue weighted by molar-refractivity contribution is -0.108. The molecule has 0 aliphatic carbocycles. The Morgan fingerprint density at radius 3 is 2.40 bits per heavy atom. The Bertz CT molecular complexity index is 1740. The summed E-state index contributed by atoms with van der Waals surface area (Å²) < 4.78 is 0. The van der Waals surface area contributed by atoms with E-state index >= 15 is 0 Å². The van der Waals surface area contributed by atoms with Gasteiger partial charge in [0, 0.05) is 33.2 Å². The van der Waals surface area contributed by atoms with Crippen molar-refractivity contribution in [1.29, 1.82) is 5.26 Å². The number of hydrogen-bond donors (Lipinski definition) is 5. The number of nitrogens with zero attached hydrogens (tertiary/aromatic N) is 3. The van der Waals surface area contributed by atoms with Crippen LogP contribution in [0.2, 0.25) is 10.0 Å². The van der Waals surface area contributed by atoms with E-state index in [0.717, 1.165) is 28.4 Å². The number of carbonyl (C=O) groups is 1. The highest BCUT2D eigenvalue weighted by atomic mass is 35.5. The van der Waals surface area contributed by atoms with Crippen molar-refractivity contribution in [3.05, 3.63) is 103 Å². The first-order valence-electron chi connectivity index (χ1n) is 15.9. The molecule has 12 heteroatoms. The topological polar surface area (TPSA) is 140 Å². The average molecular weight is 712 g/mol. The summed E-state index contributed by atoms with van der Waals surface area (Å²) in [7, 11) is 1.59. The molecule has 5 rings (SSSR count). The number of thiophene rings is 1. The lowest BCUT2D eigenvalue weighted by Crippen LogP contribution is -2.53. The molecule has 0 unspecified atom stereocenters. The second-order valence-electron chi connectivity index (χ2n) is 12.2. The highest BCUT2D eigenvalue weighted by Crippen LogP contribution is 2.35. The fourth-order valence-electron chi connectivity index (χ4n) is 6.68. The van der Waals surface area contributed by atoms with Crippen LogP contribution in [-0.4, -0.2) is 101 Å². The smallest absolute Gasteiger partial charge is 0.251 e. The van der Waals surface area contributed by atoms with Gasteiger partial charge < -0.3 is 30.6 Å². The molecule has 2 heterocycles. The third kappa shape index (κ3) is 8.03. The van der Waals surface area contributed by atoms with Gasteiger partial charge in [-0.05, 0) is 87.8 Å². The number of aliphatic hydroxyl groups excluding tert-OH is 4. The Kier molecular flexibility index (Phi) is 12.5. The van der Waals surface area contributed by atoms with E-state index in [1.807, 2.05) is 59.3 Å². The van der Waals surface area contributed by atoms with E-state index in [1.54, 1.807) is 13.1 Å². The van der Waals surface area contributed by atoms with Crippen LogP contribution in [0.4, 0.5) is 0 Å². The fourth-order valence-corrected chi connectivity index (χ4v) is 7.67. The molecule has 1 aromatic heterocycles. The van der Waals surface area contributed by atoms with Gasteiger partial charge in [-0.15, -0.1) is 0 Å². The predicted octanol–water partition coefficient (Wildman–Crippen LogP) is 4.59. The fraction of sp³-hybridized carbons (Fsp3) is 0.389. The summed E-state index contributed by atoms with van der Waals surface area (Å²) in [5.74, 6) is -0.341. The minimum atomic E-state index is -1.50. The molecule has 4 aromatic rings. The molecular formula is C36H40Cl2N4O5S. The molecule has 1 aliphatic rings. The Morgan fingerprint density at radius 2 is 1.75 bits per heavy atom. The van der Waals surface area contributed by atoms with E-state index in [2.05, 4.69) is 21.2 Å². The molecule has 5 N–H and O–H groups in total. The zero-order valence-electron chi connectivity index (χ0n) is 26.6. The number of benzene rings is 3. The third-order valence-corrected chi connectivity index (χ3v) is 10.8. The van der Waals surface area contributed by atoms with Gasteiger partial charge in [-0.1, -0.05) is 53.5 Å². The third-order valence-electron chi connectivity index (χ3n) is 9.33. The van der Waals surface area contributed by atoms with Crippen molar-refractivity contribution in [3.63, 3.8) is 0 Å². The monoisotopic (exact) mass is 710 g/mol. The Hall–Kier alpha value is -3.08. The summed E-state index contributed by atoms with van der Waals surface area (Å²) in [5, 5.41) is 60.4. The number of fused-ring (bicyclic) bond motifs is 1. The summed E-state index contributed by atoms with van der Waals surface area (Å²) >= 11 is 14.3. The first-order chi connectivity index (χ1) is 23.2. The highest BCUT2D eigenvalue weighted by Gasteiger charge is 2.37. The molecule has 0 saturated carbocycles. The lowest BCUT2D eigenvalue weighted by atomic mass is 9.83. The van der Waals surface area contributed by atoms with Gasteiger partial charge >= 0.3 is 0 Å². The van der Waals surface area contributed by atoms with Gasteiger partial charge in [0.2, 0.25) is 0 Å². The van der Waals surface area contributed by atoms with Crippen LogP contribution in [0.15, 0.2) is 65.4 Å². The number of aliphatic hydroxyl groups is 4. The van der Waals surface area contributed by atoms with Gasteiger partial charge in [0.15, 0.2) is 0 Å². The number of nitriles is 1. The maximum atomic E-state index is 13.3. The van der Waals surface area contributed by atoms with Gasteiger partial charge in [-0.2, -0.15) is 16.6 Å². The maximum absolute atomic E-state index is 13.3. The minimum absolute atomic E-state index is 0.0926. The van der Waals surface area contributed by atoms with E-state index in [9.17, 15) is 30.5 Å². The molecule has 3 aromatic carbocycles. The van der Waals surface area contributed by atoms with Crippen LogP contribution in [0.3, 0.4) is 0 Å². The Labute approximate surface area is 294 Å². The van der Waals surface area contributed by atoms with E-state index in [0.29, 0.717) is 65.8 Å². The molecular weight excluding hydrogens is 671 g/mol. The maximum Gasteiger partial charge on any atom is 0.251 e. The summed E-state index contributed by atoms with van der Waals surface area (Å²) in [5.41, 5.74) is 3.45. The van der Waals surface area contributed by atoms with Crippen LogP contribution in [0.5, 0.6) is 0 Å². The van der Waals surface area contributed by atoms with Gasteiger partial charge in [-0.25, -0.2) is 0 Å². The zero-order valence-corrected chi connectivity index (χ0v) is 28.9. The standard InChI is InChI=1S/C36H40Cl2N4O5S/c1-40-36(47)32-27-5-3-2-4-24(27)16-26(19-39)28(32)17-23(22-6-7-29(37)30(38)18-22)8-10-41-11-13-42(14-12-41)33(25-9-15-48-21-25)35(46)34(45)31(44)20-43/h2-7,9,15-16,18,21,23,31,33-35,43-46H,8,10-14,17,20H2,1H3,(H,40,47)/t23-,31-,33+,34-,35+/m1/s1. The highest BCUT2D eigenvalue weighted by molar-refractivity contribution is 7.08. The Morgan fingerprint density at radius 1 is 1.00 bits per heavy atom. The summed E-state index contributed by atoms with van der Waals surface area (Å²) in [6.07, 6.45) is -3.10. The number of rotatable bonds is 13. The van der Waals surface area contributed by atoms with Crippen LogP contribution in [0, 0.1) is 11.3 Å². The van der Waals surface area contributed by atoms with E-state index in [4.69, 9.17) is 23.2 Å². The van der Waals surface area contributed by atoms with Crippen molar-refractivity contribution in [2.45, 2.75) is 43.1 Å². The van der Waals surface area contributed by atoms with Crippen molar-refractivity contribution >= 4 is 51.2 Å². The SMILES string of the molecule is CNC(=O)c1c(C[C@@H](CCN2CCN([C@@H](c3ccsc3)[C@H](O)[C@H](O)[C@H](O)CO)CC2)c2ccc(Cl)c(Cl)c2)c(C#N)cc2ccccc12. The summed E-state index contributed by atoms with van der Waals surface area (Å²) in [4.78, 5) is 17.8. The van der Waals surface area contributed by atoms with E-state index in [-0.39, 0.29) is 11.8 Å². The Balaban J connectivity index is 1.38. The molecule has 254 valence electrons. The average Bonchev–Trinajstić information content (AvgIpc) is 3.64. The normalized spacial score (nSPS) is 17.4. The molecule has 0 radical (unpaired) electrons. The van der Waals surface area contributed by atoms with Crippen LogP contribution in [-0.2, 0) is 6.42 Å². The number of nitrogens with one attached hydrogen (secondary N) is 1. The summed E-state index contributed by atoms with van der Waals surface area (Å²) in [6.45, 7) is 2.69. The molecule has 0 spiro atoms. The zero-order chi connectivity index (χ0) is 34.4. The van der Waals surface area contributed by atoms with Crippen LogP contribution in [0.25, 0.3) is 10.8 Å². The van der Waals surface area contributed by atoms with Crippen molar-refractivity contribution in [3.8, 4) is 6.07 Å². The molecule has 48 heavy (non-hydrogen) atoms. The van der Waals surface area contributed by atoms with Gasteiger partial charge in [0.25, 0.3) is 5.91 Å². The second kappa shape index (κ2) is 16.5. The van der Waals surface area contributed by atoms with Gasteiger partial charge in [0.1, 0.15) is 18.3 Å². The number of amides is 1. The van der Waals surface area contributed by atoms with Gasteiger partial charge in [0.05, 0.1) is 39.9 Å². The molecule has 0 bridgehead atoms. The van der Waals surface area contributed by atoms with Gasteiger partial charge in [-0.3, -0.25) is 9.69 Å². The molecule has 1 fully saturated rings. The molecule has 1 aliphatic heterocycles. The lowest BCUT2D eigenvalue weighted by Gasteiger charge is -2.42. The number of hydrogen-bond acceptors (Lipinski definition) is 9. The quantitative estimate of drug-likeness (QED) is 0.136. The molecule has 5 atom stereocenters. The molecule has 1 saturated heterocycles. The van der Waals surface area contributed by atoms with Crippen molar-refractivity contribution in [1.82, 2.24) is 15.1 Å². The van der Waals surface area contributed by atoms with Crippen LogP contribution < -0.4 is 5.32 Å². The van der Waals surface area contributed by atoms with E-state index < -0.39 is 31.0 Å². The van der Waals surface area contributed by atoms with Crippen LogP contribution in [0.1, 0.15) is 51.0 Å².